The Kier molecular flexibility index (Phi) is 6.38. The van der Waals surface area contributed by atoms with Gasteiger partial charge < -0.3 is 4.74 Å². The first-order valence-electron chi connectivity index (χ1n) is 8.91. The summed E-state index contributed by atoms with van der Waals surface area (Å²) < 4.78 is 5.16. The number of rotatable bonds is 5. The lowest BCUT2D eigenvalue weighted by Gasteiger charge is -2.37. The molecule has 2 aliphatic carbocycles. The van der Waals surface area contributed by atoms with Crippen molar-refractivity contribution in [1.82, 2.24) is 0 Å². The number of hydrogen-bond acceptors (Lipinski definition) is 2. The Morgan fingerprint density at radius 3 is 1.95 bits per heavy atom. The van der Waals surface area contributed by atoms with Crippen molar-refractivity contribution in [3.63, 3.8) is 0 Å². The summed E-state index contributed by atoms with van der Waals surface area (Å²) in [5.41, 5.74) is 0. The molecule has 0 heterocycles. The van der Waals surface area contributed by atoms with Gasteiger partial charge in [-0.05, 0) is 63.2 Å². The molecule has 0 bridgehead atoms. The molecule has 116 valence electrons. The van der Waals surface area contributed by atoms with E-state index >= 15 is 0 Å². The van der Waals surface area contributed by atoms with Gasteiger partial charge >= 0.3 is 5.97 Å². The third-order valence-corrected chi connectivity index (χ3v) is 5.65. The van der Waals surface area contributed by atoms with Crippen LogP contribution >= 0.6 is 0 Å². The summed E-state index contributed by atoms with van der Waals surface area (Å²) in [6.07, 6.45) is 13.2. The number of hydrogen-bond donors (Lipinski definition) is 0. The SMILES string of the molecule is CCCC1CCC(C2CCC(C(=O)OCC)CC2)CC1. The molecule has 0 atom stereocenters. The van der Waals surface area contributed by atoms with Crippen LogP contribution in [0.5, 0.6) is 0 Å². The second kappa shape index (κ2) is 8.05. The summed E-state index contributed by atoms with van der Waals surface area (Å²) in [7, 11) is 0. The normalized spacial score (nSPS) is 34.7. The van der Waals surface area contributed by atoms with Crippen LogP contribution in [0.3, 0.4) is 0 Å². The van der Waals surface area contributed by atoms with Gasteiger partial charge in [0, 0.05) is 0 Å². The molecule has 2 nitrogen and oxygen atoms in total. The van der Waals surface area contributed by atoms with E-state index in [1.54, 1.807) is 0 Å². The summed E-state index contributed by atoms with van der Waals surface area (Å²) in [5, 5.41) is 0. The number of ether oxygens (including phenoxy) is 1. The van der Waals surface area contributed by atoms with Gasteiger partial charge in [0.05, 0.1) is 12.5 Å². The predicted molar refractivity (Wildman–Crippen MR) is 82.4 cm³/mol. The molecule has 0 radical (unpaired) electrons. The van der Waals surface area contributed by atoms with Gasteiger partial charge in [0.1, 0.15) is 0 Å². The molecule has 0 aromatic carbocycles. The monoisotopic (exact) mass is 280 g/mol. The lowest BCUT2D eigenvalue weighted by molar-refractivity contribution is -0.149. The smallest absolute Gasteiger partial charge is 0.308 e. The first-order valence-corrected chi connectivity index (χ1v) is 8.91. The zero-order valence-corrected chi connectivity index (χ0v) is 13.4. The van der Waals surface area contributed by atoms with Gasteiger partial charge in [0.25, 0.3) is 0 Å². The summed E-state index contributed by atoms with van der Waals surface area (Å²) in [6.45, 7) is 4.74. The van der Waals surface area contributed by atoms with E-state index in [1.807, 2.05) is 6.92 Å². The molecular formula is C18H32O2. The fourth-order valence-electron chi connectivity index (χ4n) is 4.44. The Hall–Kier alpha value is -0.530. The molecule has 2 fully saturated rings. The first kappa shape index (κ1) is 15.9. The Morgan fingerprint density at radius 2 is 1.45 bits per heavy atom. The van der Waals surface area contributed by atoms with Gasteiger partial charge in [0.15, 0.2) is 0 Å². The Labute approximate surface area is 124 Å². The molecular weight excluding hydrogens is 248 g/mol. The van der Waals surface area contributed by atoms with E-state index in [0.717, 1.165) is 30.6 Å². The second-order valence-electron chi connectivity index (χ2n) is 6.93. The molecule has 2 saturated carbocycles. The minimum Gasteiger partial charge on any atom is -0.466 e. The molecule has 0 amide bonds. The Morgan fingerprint density at radius 1 is 0.900 bits per heavy atom. The number of esters is 1. The predicted octanol–water partition coefficient (Wildman–Crippen LogP) is 4.96. The van der Waals surface area contributed by atoms with Crippen molar-refractivity contribution >= 4 is 5.97 Å². The highest BCUT2D eigenvalue weighted by molar-refractivity contribution is 5.72. The highest BCUT2D eigenvalue weighted by atomic mass is 16.5. The van der Waals surface area contributed by atoms with Crippen molar-refractivity contribution in [3.8, 4) is 0 Å². The van der Waals surface area contributed by atoms with Crippen LogP contribution < -0.4 is 0 Å². The maximum Gasteiger partial charge on any atom is 0.308 e. The summed E-state index contributed by atoms with van der Waals surface area (Å²) in [6, 6.07) is 0. The van der Waals surface area contributed by atoms with Gasteiger partial charge in [-0.15, -0.1) is 0 Å². The standard InChI is InChI=1S/C18H32O2/c1-3-5-14-6-8-15(9-7-14)16-10-12-17(13-11-16)18(19)20-4-2/h14-17H,3-13H2,1-2H3. The van der Waals surface area contributed by atoms with E-state index in [-0.39, 0.29) is 11.9 Å². The van der Waals surface area contributed by atoms with E-state index < -0.39 is 0 Å². The van der Waals surface area contributed by atoms with E-state index in [1.165, 1.54) is 51.4 Å². The third-order valence-electron chi connectivity index (χ3n) is 5.65. The maximum atomic E-state index is 11.8. The molecule has 0 spiro atoms. The van der Waals surface area contributed by atoms with Crippen molar-refractivity contribution < 1.29 is 9.53 Å². The lowest BCUT2D eigenvalue weighted by atomic mass is 9.69. The van der Waals surface area contributed by atoms with Crippen LogP contribution in [0, 0.1) is 23.7 Å². The van der Waals surface area contributed by atoms with E-state index in [2.05, 4.69) is 6.92 Å². The van der Waals surface area contributed by atoms with Gasteiger partial charge in [0.2, 0.25) is 0 Å². The van der Waals surface area contributed by atoms with Gasteiger partial charge in [-0.2, -0.15) is 0 Å². The maximum absolute atomic E-state index is 11.8. The van der Waals surface area contributed by atoms with Crippen LogP contribution in [0.4, 0.5) is 0 Å². The van der Waals surface area contributed by atoms with Gasteiger partial charge in [-0.1, -0.05) is 32.6 Å². The van der Waals surface area contributed by atoms with E-state index in [4.69, 9.17) is 4.74 Å². The topological polar surface area (TPSA) is 26.3 Å². The molecule has 2 heteroatoms. The summed E-state index contributed by atoms with van der Waals surface area (Å²) >= 11 is 0. The zero-order chi connectivity index (χ0) is 14.4. The fraction of sp³-hybridized carbons (Fsp3) is 0.944. The largest absolute Gasteiger partial charge is 0.466 e. The molecule has 0 aromatic heterocycles. The minimum atomic E-state index is 0.0533. The van der Waals surface area contributed by atoms with Crippen LogP contribution in [-0.2, 0) is 9.53 Å². The van der Waals surface area contributed by atoms with Crippen LogP contribution in [-0.4, -0.2) is 12.6 Å². The van der Waals surface area contributed by atoms with Crippen LogP contribution in [0.2, 0.25) is 0 Å². The minimum absolute atomic E-state index is 0.0533. The Bertz CT molecular complexity index is 284. The van der Waals surface area contributed by atoms with Crippen LogP contribution in [0.1, 0.15) is 78.1 Å². The zero-order valence-electron chi connectivity index (χ0n) is 13.4. The average molecular weight is 280 g/mol. The summed E-state index contributed by atoms with van der Waals surface area (Å²) in [5.74, 6) is 3.10. The van der Waals surface area contributed by atoms with Crippen molar-refractivity contribution in [3.05, 3.63) is 0 Å². The Balaban J connectivity index is 1.70. The molecule has 0 N–H and O–H groups in total. The van der Waals surface area contributed by atoms with Crippen LogP contribution in [0.15, 0.2) is 0 Å². The molecule has 0 unspecified atom stereocenters. The highest BCUT2D eigenvalue weighted by Crippen LogP contribution is 2.42. The number of carbonyl (C=O) groups excluding carboxylic acids is 1. The molecule has 0 aliphatic heterocycles. The fourth-order valence-corrected chi connectivity index (χ4v) is 4.44. The molecule has 2 aliphatic rings. The van der Waals surface area contributed by atoms with E-state index in [9.17, 15) is 4.79 Å². The summed E-state index contributed by atoms with van der Waals surface area (Å²) in [4.78, 5) is 11.8. The highest BCUT2D eigenvalue weighted by Gasteiger charge is 2.33. The molecule has 2 rings (SSSR count). The van der Waals surface area contributed by atoms with Gasteiger partial charge in [-0.3, -0.25) is 4.79 Å². The average Bonchev–Trinajstić information content (AvgIpc) is 2.49. The molecule has 0 saturated heterocycles. The quantitative estimate of drug-likeness (QED) is 0.665. The second-order valence-corrected chi connectivity index (χ2v) is 6.93. The van der Waals surface area contributed by atoms with Crippen molar-refractivity contribution in [2.24, 2.45) is 23.7 Å². The first-order chi connectivity index (χ1) is 9.74. The third kappa shape index (κ3) is 4.23. The lowest BCUT2D eigenvalue weighted by Crippen LogP contribution is -2.29. The molecule has 0 aromatic rings. The van der Waals surface area contributed by atoms with Crippen molar-refractivity contribution in [2.75, 3.05) is 6.61 Å². The van der Waals surface area contributed by atoms with Gasteiger partial charge in [-0.25, -0.2) is 0 Å². The van der Waals surface area contributed by atoms with E-state index in [0.29, 0.717) is 6.61 Å². The molecule has 20 heavy (non-hydrogen) atoms. The van der Waals surface area contributed by atoms with Crippen molar-refractivity contribution in [1.29, 1.82) is 0 Å². The number of carbonyl (C=O) groups is 1. The van der Waals surface area contributed by atoms with Crippen molar-refractivity contribution in [2.45, 2.75) is 78.1 Å². The van der Waals surface area contributed by atoms with Crippen LogP contribution in [0.25, 0.3) is 0 Å².